The van der Waals surface area contributed by atoms with Gasteiger partial charge in [-0.25, -0.2) is 4.79 Å². The van der Waals surface area contributed by atoms with Crippen molar-refractivity contribution in [2.75, 3.05) is 0 Å². The highest BCUT2D eigenvalue weighted by molar-refractivity contribution is 5.94. The molecule has 0 unspecified atom stereocenters. The first-order chi connectivity index (χ1) is 18.2. The maximum absolute atomic E-state index is 13.3. The summed E-state index contributed by atoms with van der Waals surface area (Å²) in [6, 6.07) is 0.763. The van der Waals surface area contributed by atoms with E-state index in [-0.39, 0.29) is 50.2 Å². The van der Waals surface area contributed by atoms with Gasteiger partial charge in [0.2, 0.25) is 23.6 Å². The second-order valence-corrected chi connectivity index (χ2v) is 9.57. The molecule has 0 fully saturated rings. The van der Waals surface area contributed by atoms with Crippen molar-refractivity contribution >= 4 is 35.6 Å². The lowest BCUT2D eigenvalue weighted by atomic mass is 10.00. The van der Waals surface area contributed by atoms with E-state index >= 15 is 0 Å². The Morgan fingerprint density at radius 2 is 1.33 bits per heavy atom. The molecule has 0 spiro atoms. The molecule has 4 atom stereocenters. The molecule has 0 saturated heterocycles. The molecule has 0 radical (unpaired) electrons. The Hall–Kier alpha value is -4.20. The van der Waals surface area contributed by atoms with Crippen LogP contribution >= 0.6 is 0 Å². The number of phenols is 1. The molecule has 39 heavy (non-hydrogen) atoms. The Labute approximate surface area is 225 Å². The fourth-order valence-corrected chi connectivity index (χ4v) is 3.56. The third-order valence-electron chi connectivity index (χ3n) is 5.65. The SMILES string of the molecule is CC(C)C[C@H](NC(=O)[C@H](Cc1ccc(O)cc1)NC(=O)[C@@H](N)CCC(=O)O)C(=O)N[C@@H](CCC(N)=O)C(=O)O. The van der Waals surface area contributed by atoms with Crippen molar-refractivity contribution < 1.29 is 44.1 Å². The fourth-order valence-electron chi connectivity index (χ4n) is 3.56. The predicted molar refractivity (Wildman–Crippen MR) is 138 cm³/mol. The number of carboxylic acids is 2. The molecule has 0 saturated carbocycles. The van der Waals surface area contributed by atoms with Crippen molar-refractivity contribution in [3.05, 3.63) is 29.8 Å². The number of carbonyl (C=O) groups is 6. The summed E-state index contributed by atoms with van der Waals surface area (Å²) < 4.78 is 0. The van der Waals surface area contributed by atoms with E-state index in [1.54, 1.807) is 13.8 Å². The van der Waals surface area contributed by atoms with E-state index in [0.717, 1.165) is 0 Å². The molecule has 0 aromatic heterocycles. The largest absolute Gasteiger partial charge is 0.508 e. The number of carbonyl (C=O) groups excluding carboxylic acids is 4. The Morgan fingerprint density at radius 3 is 1.85 bits per heavy atom. The van der Waals surface area contributed by atoms with Crippen LogP contribution in [0.25, 0.3) is 0 Å². The maximum Gasteiger partial charge on any atom is 0.326 e. The first-order valence-electron chi connectivity index (χ1n) is 12.4. The summed E-state index contributed by atoms with van der Waals surface area (Å²) in [4.78, 5) is 72.4. The van der Waals surface area contributed by atoms with Crippen LogP contribution in [-0.2, 0) is 35.2 Å². The number of hydrogen-bond acceptors (Lipinski definition) is 8. The van der Waals surface area contributed by atoms with Crippen LogP contribution < -0.4 is 27.4 Å². The molecule has 14 heteroatoms. The molecule has 1 aromatic rings. The van der Waals surface area contributed by atoms with Gasteiger partial charge in [-0.1, -0.05) is 26.0 Å². The Bertz CT molecular complexity index is 1030. The minimum absolute atomic E-state index is 0.0162. The molecule has 0 aliphatic heterocycles. The summed E-state index contributed by atoms with van der Waals surface area (Å²) >= 11 is 0. The number of carboxylic acid groups (broad SMARTS) is 2. The lowest BCUT2D eigenvalue weighted by molar-refractivity contribution is -0.143. The molecule has 0 bridgehead atoms. The first-order valence-corrected chi connectivity index (χ1v) is 12.4. The molecule has 0 aliphatic rings. The standard InChI is InChI=1S/C25H37N5O9/c1-13(2)11-18(23(36)28-17(25(38)39)8-9-20(27)32)30-24(37)19(12-14-3-5-15(31)6-4-14)29-22(35)16(26)7-10-21(33)34/h3-6,13,16-19,31H,7-12,26H2,1-2H3,(H2,27,32)(H,28,36)(H,29,35)(H,30,37)(H,33,34)(H,38,39)/t16-,17-,18-,19-/m0/s1. The van der Waals surface area contributed by atoms with Gasteiger partial charge >= 0.3 is 11.9 Å². The topological polar surface area (TPSA) is 251 Å². The van der Waals surface area contributed by atoms with Crippen molar-refractivity contribution in [1.29, 1.82) is 0 Å². The number of benzene rings is 1. The smallest absolute Gasteiger partial charge is 0.326 e. The zero-order chi connectivity index (χ0) is 29.7. The molecule has 0 heterocycles. The van der Waals surface area contributed by atoms with Gasteiger partial charge in [0.1, 0.15) is 23.9 Å². The summed E-state index contributed by atoms with van der Waals surface area (Å²) in [5.41, 5.74) is 11.4. The van der Waals surface area contributed by atoms with Gasteiger partial charge in [-0.3, -0.25) is 24.0 Å². The van der Waals surface area contributed by atoms with E-state index in [0.29, 0.717) is 5.56 Å². The van der Waals surface area contributed by atoms with Crippen LogP contribution in [0.1, 0.15) is 51.5 Å². The van der Waals surface area contributed by atoms with Crippen LogP contribution in [0.5, 0.6) is 5.75 Å². The number of rotatable bonds is 17. The molecule has 1 aromatic carbocycles. The molecule has 10 N–H and O–H groups in total. The number of phenolic OH excluding ortho intramolecular Hbond substituents is 1. The second-order valence-electron chi connectivity index (χ2n) is 9.57. The zero-order valence-corrected chi connectivity index (χ0v) is 21.9. The van der Waals surface area contributed by atoms with Crippen LogP contribution in [0.3, 0.4) is 0 Å². The summed E-state index contributed by atoms with van der Waals surface area (Å²) in [6.07, 6.45) is -0.989. The third-order valence-corrected chi connectivity index (χ3v) is 5.65. The van der Waals surface area contributed by atoms with Crippen molar-refractivity contribution in [1.82, 2.24) is 16.0 Å². The zero-order valence-electron chi connectivity index (χ0n) is 21.9. The Kier molecular flexibility index (Phi) is 13.4. The van der Waals surface area contributed by atoms with Crippen LogP contribution in [0, 0.1) is 5.92 Å². The molecular weight excluding hydrogens is 514 g/mol. The van der Waals surface area contributed by atoms with Crippen LogP contribution in [0.4, 0.5) is 0 Å². The van der Waals surface area contributed by atoms with Gasteiger partial charge in [0.15, 0.2) is 0 Å². The first kappa shape index (κ1) is 32.8. The molecular formula is C25H37N5O9. The third kappa shape index (κ3) is 12.7. The number of nitrogens with one attached hydrogen (secondary N) is 3. The van der Waals surface area contributed by atoms with Crippen molar-refractivity contribution in [3.63, 3.8) is 0 Å². The number of amides is 4. The number of aliphatic carboxylic acids is 2. The van der Waals surface area contributed by atoms with Gasteiger partial charge in [0, 0.05) is 19.3 Å². The maximum atomic E-state index is 13.3. The highest BCUT2D eigenvalue weighted by atomic mass is 16.4. The van der Waals surface area contributed by atoms with Crippen molar-refractivity contribution in [2.24, 2.45) is 17.4 Å². The van der Waals surface area contributed by atoms with Crippen molar-refractivity contribution in [2.45, 2.75) is 76.5 Å². The van der Waals surface area contributed by atoms with E-state index in [2.05, 4.69) is 16.0 Å². The fraction of sp³-hybridized carbons (Fsp3) is 0.520. The number of nitrogens with two attached hydrogens (primary N) is 2. The molecule has 14 nitrogen and oxygen atoms in total. The van der Waals surface area contributed by atoms with Gasteiger partial charge in [0.05, 0.1) is 6.04 Å². The van der Waals surface area contributed by atoms with E-state index in [9.17, 15) is 39.0 Å². The van der Waals surface area contributed by atoms with Gasteiger partial charge in [-0.15, -0.1) is 0 Å². The van der Waals surface area contributed by atoms with E-state index in [1.165, 1.54) is 24.3 Å². The van der Waals surface area contributed by atoms with Gasteiger partial charge < -0.3 is 42.7 Å². The van der Waals surface area contributed by atoms with E-state index in [1.807, 2.05) is 0 Å². The van der Waals surface area contributed by atoms with Gasteiger partial charge in [-0.05, 0) is 42.9 Å². The van der Waals surface area contributed by atoms with Crippen LogP contribution in [0.15, 0.2) is 24.3 Å². The van der Waals surface area contributed by atoms with Crippen LogP contribution in [0.2, 0.25) is 0 Å². The summed E-state index contributed by atoms with van der Waals surface area (Å²) in [7, 11) is 0. The number of aromatic hydroxyl groups is 1. The summed E-state index contributed by atoms with van der Waals surface area (Å²) in [6.45, 7) is 3.57. The van der Waals surface area contributed by atoms with Crippen molar-refractivity contribution in [3.8, 4) is 5.75 Å². The minimum Gasteiger partial charge on any atom is -0.508 e. The summed E-state index contributed by atoms with van der Waals surface area (Å²) in [5, 5.41) is 35.1. The molecule has 216 valence electrons. The summed E-state index contributed by atoms with van der Waals surface area (Å²) in [5.74, 6) is -5.74. The molecule has 0 aliphatic carbocycles. The average Bonchev–Trinajstić information content (AvgIpc) is 2.84. The quantitative estimate of drug-likeness (QED) is 0.117. The Balaban J connectivity index is 3.13. The normalized spacial score (nSPS) is 13.9. The van der Waals surface area contributed by atoms with Gasteiger partial charge in [-0.2, -0.15) is 0 Å². The molecule has 1 rings (SSSR count). The Morgan fingerprint density at radius 1 is 0.795 bits per heavy atom. The highest BCUT2D eigenvalue weighted by Crippen LogP contribution is 2.13. The average molecular weight is 552 g/mol. The monoisotopic (exact) mass is 551 g/mol. The second kappa shape index (κ2) is 15.9. The van der Waals surface area contributed by atoms with E-state index in [4.69, 9.17) is 16.6 Å². The van der Waals surface area contributed by atoms with E-state index < -0.39 is 59.7 Å². The number of hydrogen-bond donors (Lipinski definition) is 8. The van der Waals surface area contributed by atoms with Gasteiger partial charge in [0.25, 0.3) is 0 Å². The minimum atomic E-state index is -1.42. The van der Waals surface area contributed by atoms with Crippen LogP contribution in [-0.4, -0.2) is 75.1 Å². The molecule has 4 amide bonds. The lowest BCUT2D eigenvalue weighted by Crippen LogP contribution is -2.57. The number of primary amides is 1. The highest BCUT2D eigenvalue weighted by Gasteiger charge is 2.31. The predicted octanol–water partition coefficient (Wildman–Crippen LogP) is -1.02. The lowest BCUT2D eigenvalue weighted by Gasteiger charge is -2.26.